The van der Waals surface area contributed by atoms with E-state index in [1.165, 1.54) is 0 Å². The SMILES string of the molecule is NCC(=O)N1CC[C@@H]2[C@H]1CN2c1nc(OCC23CCCN2CCC3)nc2c(F)c(-c3ccc(F)c4sc(N)nc34)c(C(F)(F)F)cc12. The van der Waals surface area contributed by atoms with E-state index in [1.807, 2.05) is 0 Å². The summed E-state index contributed by atoms with van der Waals surface area (Å²) in [4.78, 5) is 31.3. The highest BCUT2D eigenvalue weighted by atomic mass is 32.1. The van der Waals surface area contributed by atoms with Gasteiger partial charge < -0.3 is 26.0 Å². The van der Waals surface area contributed by atoms with E-state index in [1.54, 1.807) is 9.80 Å². The molecule has 0 bridgehead atoms. The Bertz CT molecular complexity index is 1930. The summed E-state index contributed by atoms with van der Waals surface area (Å²) in [6, 6.07) is 2.30. The third-order valence-corrected chi connectivity index (χ3v) is 11.2. The Labute approximate surface area is 269 Å². The summed E-state index contributed by atoms with van der Waals surface area (Å²) in [5.74, 6) is -2.10. The zero-order valence-electron chi connectivity index (χ0n) is 25.1. The van der Waals surface area contributed by atoms with Crippen molar-refractivity contribution in [1.29, 1.82) is 0 Å². The van der Waals surface area contributed by atoms with Gasteiger partial charge >= 0.3 is 12.2 Å². The molecule has 1 amide bonds. The lowest BCUT2D eigenvalue weighted by atomic mass is 9.93. The maximum absolute atomic E-state index is 16.9. The lowest BCUT2D eigenvalue weighted by Gasteiger charge is -2.47. The standard InChI is InChI=1S/C31H31F5N8O2S/c32-18-4-3-15(25-26(18)47-28(38)39-25)22-17(31(34,35)36)11-16-24(23(22)33)40-29(46-14-30-6-1-8-42(30)9-2-7-30)41-27(16)44-13-20-19(44)5-10-43(20)21(45)12-37/h3-4,11,19-20H,1-2,5-10,12-14,37H2,(H2,38,39)/t19-,20-/m1/s1. The van der Waals surface area contributed by atoms with Crippen molar-refractivity contribution in [2.45, 2.75) is 55.9 Å². The van der Waals surface area contributed by atoms with Gasteiger partial charge in [0, 0.05) is 29.6 Å². The Kier molecular flexibility index (Phi) is 7.01. The van der Waals surface area contributed by atoms with Crippen molar-refractivity contribution in [3.63, 3.8) is 0 Å². The molecule has 0 saturated carbocycles. The van der Waals surface area contributed by atoms with Crippen LogP contribution in [0.5, 0.6) is 6.01 Å². The zero-order valence-corrected chi connectivity index (χ0v) is 25.9. The Morgan fingerprint density at radius 3 is 2.55 bits per heavy atom. The van der Waals surface area contributed by atoms with Gasteiger partial charge in [0.15, 0.2) is 10.9 Å². The number of thiazole rings is 1. The number of halogens is 5. The Hall–Kier alpha value is -3.89. The number of rotatable bonds is 6. The van der Waals surface area contributed by atoms with Crippen LogP contribution in [0.1, 0.15) is 37.7 Å². The fourth-order valence-electron chi connectivity index (χ4n) is 8.11. The zero-order chi connectivity index (χ0) is 32.8. The number of anilines is 2. The molecular weight excluding hydrogens is 643 g/mol. The average Bonchev–Trinajstić information content (AvgIpc) is 3.78. The molecule has 2 aromatic heterocycles. The number of fused-ring (bicyclic) bond motifs is 4. The maximum atomic E-state index is 16.9. The van der Waals surface area contributed by atoms with E-state index in [0.717, 1.165) is 68.3 Å². The van der Waals surface area contributed by atoms with Crippen LogP contribution in [0.3, 0.4) is 0 Å². The number of nitrogens with two attached hydrogens (primary N) is 2. The van der Waals surface area contributed by atoms with E-state index in [4.69, 9.17) is 16.2 Å². The topological polar surface area (TPSA) is 127 Å². The molecule has 47 heavy (non-hydrogen) atoms. The molecule has 4 aromatic rings. The molecule has 2 aromatic carbocycles. The summed E-state index contributed by atoms with van der Waals surface area (Å²) in [6.45, 7) is 2.73. The summed E-state index contributed by atoms with van der Waals surface area (Å²) < 4.78 is 82.1. The van der Waals surface area contributed by atoms with Gasteiger partial charge in [-0.25, -0.2) is 13.8 Å². The van der Waals surface area contributed by atoms with Crippen LogP contribution in [0.15, 0.2) is 18.2 Å². The smallest absolute Gasteiger partial charge is 0.417 e. The van der Waals surface area contributed by atoms with Crippen LogP contribution in [-0.2, 0) is 11.0 Å². The van der Waals surface area contributed by atoms with Gasteiger partial charge in [-0.05, 0) is 63.4 Å². The minimum atomic E-state index is -5.01. The molecule has 248 valence electrons. The molecule has 4 aliphatic rings. The van der Waals surface area contributed by atoms with Gasteiger partial charge in [0.25, 0.3) is 0 Å². The van der Waals surface area contributed by atoms with Gasteiger partial charge in [0.1, 0.15) is 23.8 Å². The van der Waals surface area contributed by atoms with Crippen molar-refractivity contribution in [2.24, 2.45) is 5.73 Å². The molecule has 0 aliphatic carbocycles. The minimum Gasteiger partial charge on any atom is -0.461 e. The van der Waals surface area contributed by atoms with Crippen LogP contribution >= 0.6 is 11.3 Å². The summed E-state index contributed by atoms with van der Waals surface area (Å²) in [6.07, 6.45) is -0.567. The van der Waals surface area contributed by atoms with Crippen molar-refractivity contribution in [2.75, 3.05) is 50.0 Å². The first-order valence-corrected chi connectivity index (χ1v) is 16.4. The molecule has 2 atom stereocenters. The molecule has 4 aliphatic heterocycles. The van der Waals surface area contributed by atoms with Crippen molar-refractivity contribution < 1.29 is 31.5 Å². The number of carbonyl (C=O) groups excluding carboxylic acids is 1. The predicted molar refractivity (Wildman–Crippen MR) is 166 cm³/mol. The lowest BCUT2D eigenvalue weighted by molar-refractivity contribution is -0.137. The summed E-state index contributed by atoms with van der Waals surface area (Å²) >= 11 is 0.764. The van der Waals surface area contributed by atoms with E-state index >= 15 is 4.39 Å². The van der Waals surface area contributed by atoms with Gasteiger partial charge in [0.2, 0.25) is 5.91 Å². The quantitative estimate of drug-likeness (QED) is 0.284. The van der Waals surface area contributed by atoms with Crippen LogP contribution in [0.2, 0.25) is 0 Å². The number of hydrogen-bond donors (Lipinski definition) is 2. The third-order valence-electron chi connectivity index (χ3n) is 10.3. The first-order valence-electron chi connectivity index (χ1n) is 15.6. The largest absolute Gasteiger partial charge is 0.461 e. The Morgan fingerprint density at radius 2 is 1.83 bits per heavy atom. The highest BCUT2D eigenvalue weighted by Gasteiger charge is 2.50. The minimum absolute atomic E-state index is 0.0697. The number of hydrogen-bond acceptors (Lipinski definition) is 10. The number of carbonyl (C=O) groups is 1. The highest BCUT2D eigenvalue weighted by Crippen LogP contribution is 2.48. The second-order valence-corrected chi connectivity index (χ2v) is 13.8. The Morgan fingerprint density at radius 1 is 1.06 bits per heavy atom. The van der Waals surface area contributed by atoms with Crippen molar-refractivity contribution in [1.82, 2.24) is 24.8 Å². The first-order chi connectivity index (χ1) is 22.5. The normalized spacial score (nSPS) is 22.3. The van der Waals surface area contributed by atoms with Crippen LogP contribution in [-0.4, -0.2) is 87.6 Å². The highest BCUT2D eigenvalue weighted by molar-refractivity contribution is 7.22. The van der Waals surface area contributed by atoms with Crippen LogP contribution < -0.4 is 21.1 Å². The molecule has 4 fully saturated rings. The number of benzene rings is 2. The van der Waals surface area contributed by atoms with Gasteiger partial charge in [-0.15, -0.1) is 0 Å². The fraction of sp³-hybridized carbons (Fsp3) is 0.484. The maximum Gasteiger partial charge on any atom is 0.417 e. The second-order valence-electron chi connectivity index (χ2n) is 12.7. The van der Waals surface area contributed by atoms with Crippen LogP contribution in [0.4, 0.5) is 32.9 Å². The van der Waals surface area contributed by atoms with Gasteiger partial charge in [-0.2, -0.15) is 23.1 Å². The fourth-order valence-corrected chi connectivity index (χ4v) is 8.87. The van der Waals surface area contributed by atoms with Crippen molar-refractivity contribution in [3.05, 3.63) is 35.4 Å². The van der Waals surface area contributed by atoms with E-state index < -0.39 is 28.9 Å². The second kappa shape index (κ2) is 10.8. The van der Waals surface area contributed by atoms with Crippen molar-refractivity contribution in [3.8, 4) is 17.1 Å². The third kappa shape index (κ3) is 4.70. The first kappa shape index (κ1) is 30.4. The van der Waals surface area contributed by atoms with Gasteiger partial charge in [0.05, 0.1) is 39.9 Å². The molecule has 0 radical (unpaired) electrons. The van der Waals surface area contributed by atoms with E-state index in [2.05, 4.69) is 19.9 Å². The summed E-state index contributed by atoms with van der Waals surface area (Å²) in [7, 11) is 0. The molecule has 0 spiro atoms. The Balaban J connectivity index is 1.30. The van der Waals surface area contributed by atoms with Crippen LogP contribution in [0, 0.1) is 11.6 Å². The van der Waals surface area contributed by atoms with E-state index in [0.29, 0.717) is 13.0 Å². The number of likely N-dealkylation sites (tertiary alicyclic amines) is 1. The number of amides is 1. The molecule has 4 saturated heterocycles. The molecule has 6 heterocycles. The molecule has 8 rings (SSSR count). The van der Waals surface area contributed by atoms with Crippen LogP contribution in [0.25, 0.3) is 32.2 Å². The van der Waals surface area contributed by atoms with Gasteiger partial charge in [-0.3, -0.25) is 9.69 Å². The van der Waals surface area contributed by atoms with Gasteiger partial charge in [-0.1, -0.05) is 11.3 Å². The molecule has 10 nitrogen and oxygen atoms in total. The van der Waals surface area contributed by atoms with E-state index in [-0.39, 0.29) is 86.9 Å². The predicted octanol–water partition coefficient (Wildman–Crippen LogP) is 4.54. The molecular formula is C31H31F5N8O2S. The summed E-state index contributed by atoms with van der Waals surface area (Å²) in [5, 5.41) is -0.217. The monoisotopic (exact) mass is 674 g/mol. The summed E-state index contributed by atoms with van der Waals surface area (Å²) in [5.41, 5.74) is 8.32. The molecule has 16 heteroatoms. The number of nitrogen functional groups attached to an aromatic ring is 1. The number of nitrogens with zero attached hydrogens (tertiary/aromatic N) is 6. The van der Waals surface area contributed by atoms with E-state index in [9.17, 15) is 22.4 Å². The van der Waals surface area contributed by atoms with Crippen molar-refractivity contribution >= 4 is 49.3 Å². The molecule has 4 N–H and O–H groups in total. The molecule has 0 unspecified atom stereocenters. The number of alkyl halides is 3. The lowest BCUT2D eigenvalue weighted by Crippen LogP contribution is -2.63. The number of aromatic nitrogens is 3. The average molecular weight is 675 g/mol. The number of ether oxygens (including phenoxy) is 1.